The molecule has 0 spiro atoms. The number of hydrogen-bond acceptors (Lipinski definition) is 3. The van der Waals surface area contributed by atoms with E-state index in [1.165, 1.54) is 19.4 Å². The van der Waals surface area contributed by atoms with Crippen molar-refractivity contribution in [2.45, 2.75) is 25.4 Å². The number of hydrogen-bond donors (Lipinski definition) is 0. The normalized spacial score (nSPS) is 20.1. The summed E-state index contributed by atoms with van der Waals surface area (Å²) in [5, 5.41) is 0.207. The Morgan fingerprint density at radius 3 is 2.61 bits per heavy atom. The highest BCUT2D eigenvalue weighted by Crippen LogP contribution is 2.48. The summed E-state index contributed by atoms with van der Waals surface area (Å²) >= 11 is 0. The third kappa shape index (κ3) is 3.27. The molecule has 7 heteroatoms. The summed E-state index contributed by atoms with van der Waals surface area (Å²) in [7, 11) is -2.77. The highest BCUT2D eigenvalue weighted by molar-refractivity contribution is 7.70. The summed E-state index contributed by atoms with van der Waals surface area (Å²) in [5.41, 5.74) is 4.44. The quantitative estimate of drug-likeness (QED) is 0.267. The van der Waals surface area contributed by atoms with Crippen molar-refractivity contribution in [2.24, 2.45) is 0 Å². The Hall–Kier alpha value is -3.68. The molecule has 0 unspecified atom stereocenters. The van der Waals surface area contributed by atoms with E-state index in [9.17, 15) is 13.8 Å². The maximum absolute atomic E-state index is 14.9. The molecule has 0 N–H and O–H groups in total. The van der Waals surface area contributed by atoms with Gasteiger partial charge in [0.05, 0.1) is 23.1 Å². The molecule has 1 amide bonds. The van der Waals surface area contributed by atoms with E-state index in [4.69, 9.17) is 9.10 Å². The summed E-state index contributed by atoms with van der Waals surface area (Å²) in [4.78, 5) is 19.4. The highest BCUT2D eigenvalue weighted by Gasteiger charge is 2.44. The molecule has 0 saturated heterocycles. The van der Waals surface area contributed by atoms with E-state index in [0.29, 0.717) is 40.0 Å². The van der Waals surface area contributed by atoms with Gasteiger partial charge in [-0.15, -0.1) is 5.92 Å². The van der Waals surface area contributed by atoms with E-state index in [0.717, 1.165) is 16.0 Å². The lowest BCUT2D eigenvalue weighted by Gasteiger charge is -2.24. The molecule has 2 aliphatic rings. The molecular weight excluding hydrogens is 472 g/mol. The molecule has 2 atom stereocenters. The Morgan fingerprint density at radius 1 is 1.11 bits per heavy atom. The van der Waals surface area contributed by atoms with Crippen LogP contribution in [-0.2, 0) is 4.57 Å². The van der Waals surface area contributed by atoms with Crippen molar-refractivity contribution < 1.29 is 17.9 Å². The van der Waals surface area contributed by atoms with Gasteiger partial charge in [-0.2, -0.15) is 0 Å². The molecule has 0 saturated carbocycles. The number of aromatic nitrogens is 2. The standard InChI is InChI=1S/C29H25FN3O2P/c1-5-7-17-8-6-9-20-27(17)24-16-25(32(2)29(20)34)28-31-22-12-10-19(15-23(22)33(24)28)18-11-13-26(21(30)14-18)36(3,4)35/h6,8-15,24-25H,16H2,1-4H3/t24-,25-/m1/s1/i2D3. The van der Waals surface area contributed by atoms with Crippen LogP contribution in [0.15, 0.2) is 54.6 Å². The van der Waals surface area contributed by atoms with Crippen LogP contribution >= 0.6 is 7.14 Å². The van der Waals surface area contributed by atoms with Crippen LogP contribution in [0.1, 0.15) is 56.8 Å². The molecule has 3 aromatic carbocycles. The Balaban J connectivity index is 1.59. The van der Waals surface area contributed by atoms with Crippen molar-refractivity contribution in [3.8, 4) is 23.0 Å². The van der Waals surface area contributed by atoms with Gasteiger partial charge in [0.1, 0.15) is 18.8 Å². The van der Waals surface area contributed by atoms with Gasteiger partial charge < -0.3 is 14.0 Å². The van der Waals surface area contributed by atoms with Crippen LogP contribution in [0.4, 0.5) is 4.39 Å². The minimum Gasteiger partial charge on any atom is -0.331 e. The number of carbonyl (C=O) groups excluding carboxylic acids is 1. The fourth-order valence-electron chi connectivity index (χ4n) is 5.49. The number of imidazole rings is 1. The number of amides is 1. The van der Waals surface area contributed by atoms with Crippen molar-refractivity contribution in [3.63, 3.8) is 0 Å². The Kier molecular flexibility index (Phi) is 4.29. The van der Waals surface area contributed by atoms with Crippen molar-refractivity contribution in [1.29, 1.82) is 0 Å². The first-order chi connectivity index (χ1) is 18.4. The van der Waals surface area contributed by atoms with Gasteiger partial charge in [0, 0.05) is 39.5 Å². The first kappa shape index (κ1) is 19.5. The third-order valence-corrected chi connectivity index (χ3v) is 8.62. The van der Waals surface area contributed by atoms with E-state index >= 15 is 0 Å². The first-order valence-corrected chi connectivity index (χ1v) is 14.3. The van der Waals surface area contributed by atoms with Crippen molar-refractivity contribution >= 4 is 29.4 Å². The lowest BCUT2D eigenvalue weighted by molar-refractivity contribution is 0.0734. The average Bonchev–Trinajstić information content (AvgIpc) is 3.35. The Morgan fingerprint density at radius 2 is 1.89 bits per heavy atom. The molecule has 2 bridgehead atoms. The largest absolute Gasteiger partial charge is 0.331 e. The summed E-state index contributed by atoms with van der Waals surface area (Å²) in [6, 6.07) is 14.4. The zero-order valence-electron chi connectivity index (χ0n) is 23.0. The second-order valence-corrected chi connectivity index (χ2v) is 12.8. The number of carbonyl (C=O) groups is 1. The fourth-order valence-corrected chi connectivity index (χ4v) is 6.51. The zero-order chi connectivity index (χ0) is 27.9. The van der Waals surface area contributed by atoms with Gasteiger partial charge in [0.2, 0.25) is 0 Å². The molecule has 6 rings (SSSR count). The lowest BCUT2D eigenvalue weighted by atomic mass is 9.93. The summed E-state index contributed by atoms with van der Waals surface area (Å²) in [5.74, 6) is 5.42. The van der Waals surface area contributed by atoms with Crippen LogP contribution in [-0.4, -0.2) is 40.7 Å². The average molecular weight is 501 g/mol. The van der Waals surface area contributed by atoms with Crippen LogP contribution in [0.5, 0.6) is 0 Å². The van der Waals surface area contributed by atoms with E-state index < -0.39 is 31.9 Å². The molecule has 0 fully saturated rings. The second kappa shape index (κ2) is 7.91. The smallest absolute Gasteiger partial charge is 0.254 e. The molecule has 0 radical (unpaired) electrons. The van der Waals surface area contributed by atoms with Gasteiger partial charge in [-0.1, -0.05) is 24.1 Å². The predicted molar refractivity (Wildman–Crippen MR) is 141 cm³/mol. The van der Waals surface area contributed by atoms with E-state index in [1.54, 1.807) is 31.2 Å². The molecule has 1 aromatic heterocycles. The minimum absolute atomic E-state index is 0.207. The SMILES string of the molecule is [2H]C([2H])([2H])N1C(=O)c2cccc(C#CC)c2[C@H]2C[C@@H]1c1nc3ccc(-c4ccc(P(C)(C)=O)c(F)c4)cc3n12. The lowest BCUT2D eigenvalue weighted by Crippen LogP contribution is -2.30. The molecule has 0 aliphatic carbocycles. The number of fused-ring (bicyclic) bond motifs is 9. The van der Waals surface area contributed by atoms with Crippen molar-refractivity contribution in [1.82, 2.24) is 14.5 Å². The topological polar surface area (TPSA) is 55.2 Å². The van der Waals surface area contributed by atoms with Gasteiger partial charge in [-0.25, -0.2) is 9.37 Å². The van der Waals surface area contributed by atoms with E-state index in [-0.39, 0.29) is 11.3 Å². The van der Waals surface area contributed by atoms with Gasteiger partial charge >= 0.3 is 0 Å². The Bertz CT molecular complexity index is 1810. The van der Waals surface area contributed by atoms with E-state index in [1.807, 2.05) is 28.8 Å². The first-order valence-electron chi connectivity index (χ1n) is 13.2. The van der Waals surface area contributed by atoms with Crippen molar-refractivity contribution in [3.05, 3.63) is 82.9 Å². The third-order valence-electron chi connectivity index (χ3n) is 7.09. The molecule has 4 aromatic rings. The van der Waals surface area contributed by atoms with Crippen LogP contribution in [0.3, 0.4) is 0 Å². The number of halogens is 1. The summed E-state index contributed by atoms with van der Waals surface area (Å²) in [6.07, 6.45) is 0.355. The molecule has 180 valence electrons. The predicted octanol–water partition coefficient (Wildman–Crippen LogP) is 5.58. The van der Waals surface area contributed by atoms with Gasteiger partial charge in [0.15, 0.2) is 0 Å². The van der Waals surface area contributed by atoms with Crippen molar-refractivity contribution in [2.75, 3.05) is 20.3 Å². The zero-order valence-corrected chi connectivity index (χ0v) is 20.9. The monoisotopic (exact) mass is 500 g/mol. The molecule has 3 heterocycles. The van der Waals surface area contributed by atoms with Crippen LogP contribution < -0.4 is 5.30 Å². The maximum Gasteiger partial charge on any atom is 0.254 e. The van der Waals surface area contributed by atoms with Gasteiger partial charge in [-0.3, -0.25) is 4.79 Å². The van der Waals surface area contributed by atoms with Gasteiger partial charge in [0.25, 0.3) is 5.91 Å². The molecule has 5 nitrogen and oxygen atoms in total. The minimum atomic E-state index is -2.77. The van der Waals surface area contributed by atoms with Crippen LogP contribution in [0.2, 0.25) is 0 Å². The summed E-state index contributed by atoms with van der Waals surface area (Å²) in [6.45, 7) is 2.12. The number of nitrogens with zero attached hydrogens (tertiary/aromatic N) is 3. The van der Waals surface area contributed by atoms with E-state index in [2.05, 4.69) is 11.8 Å². The fraction of sp³-hybridized carbons (Fsp3) is 0.241. The molecular formula is C29H25FN3O2P. The van der Waals surface area contributed by atoms with Crippen LogP contribution in [0.25, 0.3) is 22.2 Å². The number of benzene rings is 3. The maximum atomic E-state index is 14.9. The summed E-state index contributed by atoms with van der Waals surface area (Å²) < 4.78 is 54.0. The number of rotatable bonds is 2. The van der Waals surface area contributed by atoms with Gasteiger partial charge in [-0.05, 0) is 67.8 Å². The second-order valence-electron chi connectivity index (χ2n) is 9.64. The van der Waals surface area contributed by atoms with Crippen LogP contribution in [0, 0.1) is 17.7 Å². The highest BCUT2D eigenvalue weighted by atomic mass is 31.2. The molecule has 2 aliphatic heterocycles. The Labute approximate surface area is 213 Å². The molecule has 36 heavy (non-hydrogen) atoms.